The molecule has 2 aliphatic carbocycles. The molecule has 1 aromatic carbocycles. The van der Waals surface area contributed by atoms with E-state index >= 15 is 0 Å². The minimum Gasteiger partial charge on any atom is -0.324 e. The lowest BCUT2D eigenvalue weighted by Gasteiger charge is -2.29. The van der Waals surface area contributed by atoms with Crippen LogP contribution in [0.15, 0.2) is 18.2 Å². The van der Waals surface area contributed by atoms with Crippen molar-refractivity contribution in [2.24, 2.45) is 23.5 Å². The molecule has 4 unspecified atom stereocenters. The van der Waals surface area contributed by atoms with Crippen molar-refractivity contribution < 1.29 is 0 Å². The molecule has 4 atom stereocenters. The average molecular weight is 229 g/mol. The standard InChI is InChI=1S/C16H23N/c1-10-3-4-11(2)14(7-10)16(17)15-9-12-5-6-13(15)8-12/h3-4,7,12-13,15-16H,5-6,8-9,17H2,1-2H3. The Morgan fingerprint density at radius 2 is 2.00 bits per heavy atom. The molecule has 1 heteroatoms. The molecule has 0 aromatic heterocycles. The van der Waals surface area contributed by atoms with E-state index < -0.39 is 0 Å². The van der Waals surface area contributed by atoms with Crippen LogP contribution in [0, 0.1) is 31.6 Å². The summed E-state index contributed by atoms with van der Waals surface area (Å²) in [5, 5.41) is 0. The SMILES string of the molecule is Cc1ccc(C)c(C(N)C2CC3CCC2C3)c1. The van der Waals surface area contributed by atoms with E-state index in [1.807, 2.05) is 0 Å². The summed E-state index contributed by atoms with van der Waals surface area (Å²) in [4.78, 5) is 0. The van der Waals surface area contributed by atoms with E-state index in [0.717, 1.165) is 17.8 Å². The van der Waals surface area contributed by atoms with Gasteiger partial charge >= 0.3 is 0 Å². The molecular formula is C16H23N. The number of benzene rings is 1. The van der Waals surface area contributed by atoms with E-state index in [9.17, 15) is 0 Å². The van der Waals surface area contributed by atoms with Gasteiger partial charge in [0.05, 0.1) is 0 Å². The van der Waals surface area contributed by atoms with E-state index in [4.69, 9.17) is 5.73 Å². The summed E-state index contributed by atoms with van der Waals surface area (Å²) in [5.41, 5.74) is 10.7. The summed E-state index contributed by atoms with van der Waals surface area (Å²) >= 11 is 0. The zero-order chi connectivity index (χ0) is 12.0. The fourth-order valence-electron chi connectivity index (χ4n) is 4.08. The summed E-state index contributed by atoms with van der Waals surface area (Å²) < 4.78 is 0. The molecule has 2 fully saturated rings. The number of aryl methyl sites for hydroxylation is 2. The van der Waals surface area contributed by atoms with Crippen molar-refractivity contribution in [2.45, 2.75) is 45.6 Å². The van der Waals surface area contributed by atoms with Crippen LogP contribution in [-0.2, 0) is 0 Å². The van der Waals surface area contributed by atoms with Gasteiger partial charge in [-0.25, -0.2) is 0 Å². The van der Waals surface area contributed by atoms with E-state index in [-0.39, 0.29) is 6.04 Å². The molecule has 2 saturated carbocycles. The van der Waals surface area contributed by atoms with Crippen LogP contribution in [0.3, 0.4) is 0 Å². The van der Waals surface area contributed by atoms with Crippen molar-refractivity contribution in [1.29, 1.82) is 0 Å². The molecule has 92 valence electrons. The Balaban J connectivity index is 1.86. The first kappa shape index (κ1) is 11.3. The molecule has 1 aromatic rings. The first-order chi connectivity index (χ1) is 8.15. The Bertz CT molecular complexity index is 424. The Morgan fingerprint density at radius 3 is 2.65 bits per heavy atom. The molecule has 0 aliphatic heterocycles. The first-order valence-corrected chi connectivity index (χ1v) is 6.98. The second-order valence-electron chi connectivity index (χ2n) is 6.22. The predicted molar refractivity (Wildman–Crippen MR) is 71.8 cm³/mol. The summed E-state index contributed by atoms with van der Waals surface area (Å²) in [5.74, 6) is 2.64. The van der Waals surface area contributed by atoms with Crippen LogP contribution in [0.1, 0.15) is 48.4 Å². The van der Waals surface area contributed by atoms with Crippen molar-refractivity contribution in [3.63, 3.8) is 0 Å². The van der Waals surface area contributed by atoms with Gasteiger partial charge in [0.1, 0.15) is 0 Å². The van der Waals surface area contributed by atoms with E-state index in [1.54, 1.807) is 0 Å². The van der Waals surface area contributed by atoms with Crippen molar-refractivity contribution in [3.05, 3.63) is 34.9 Å². The lowest BCUT2D eigenvalue weighted by molar-refractivity contribution is 0.284. The molecule has 1 nitrogen and oxygen atoms in total. The van der Waals surface area contributed by atoms with Gasteiger partial charge in [-0.05, 0) is 62.0 Å². The van der Waals surface area contributed by atoms with Crippen LogP contribution < -0.4 is 5.73 Å². The van der Waals surface area contributed by atoms with Crippen LogP contribution in [0.5, 0.6) is 0 Å². The zero-order valence-electron chi connectivity index (χ0n) is 10.9. The van der Waals surface area contributed by atoms with Gasteiger partial charge < -0.3 is 5.73 Å². The fraction of sp³-hybridized carbons (Fsp3) is 0.625. The van der Waals surface area contributed by atoms with Gasteiger partial charge in [0.25, 0.3) is 0 Å². The second-order valence-corrected chi connectivity index (χ2v) is 6.22. The molecule has 3 rings (SSSR count). The summed E-state index contributed by atoms with van der Waals surface area (Å²) in [6, 6.07) is 6.97. The highest BCUT2D eigenvalue weighted by Gasteiger charge is 2.42. The Morgan fingerprint density at radius 1 is 1.18 bits per heavy atom. The van der Waals surface area contributed by atoms with Gasteiger partial charge in [0, 0.05) is 6.04 Å². The van der Waals surface area contributed by atoms with Crippen molar-refractivity contribution in [2.75, 3.05) is 0 Å². The molecule has 17 heavy (non-hydrogen) atoms. The number of fused-ring (bicyclic) bond motifs is 2. The number of hydrogen-bond acceptors (Lipinski definition) is 1. The smallest absolute Gasteiger partial charge is 0.0329 e. The largest absolute Gasteiger partial charge is 0.324 e. The van der Waals surface area contributed by atoms with E-state index in [1.165, 1.54) is 42.4 Å². The zero-order valence-corrected chi connectivity index (χ0v) is 10.9. The third kappa shape index (κ3) is 1.91. The molecule has 0 amide bonds. The van der Waals surface area contributed by atoms with Crippen molar-refractivity contribution in [1.82, 2.24) is 0 Å². The van der Waals surface area contributed by atoms with Gasteiger partial charge in [-0.15, -0.1) is 0 Å². The van der Waals surface area contributed by atoms with Crippen molar-refractivity contribution >= 4 is 0 Å². The van der Waals surface area contributed by atoms with Crippen LogP contribution in [0.25, 0.3) is 0 Å². The Kier molecular flexibility index (Phi) is 2.74. The Hall–Kier alpha value is -0.820. The summed E-state index contributed by atoms with van der Waals surface area (Å²) in [6.45, 7) is 4.36. The van der Waals surface area contributed by atoms with Gasteiger partial charge in [0.15, 0.2) is 0 Å². The van der Waals surface area contributed by atoms with Crippen LogP contribution >= 0.6 is 0 Å². The lowest BCUT2D eigenvalue weighted by Crippen LogP contribution is -2.26. The van der Waals surface area contributed by atoms with E-state index in [2.05, 4.69) is 32.0 Å². The molecule has 2 aliphatic rings. The number of rotatable bonds is 2. The van der Waals surface area contributed by atoms with E-state index in [0.29, 0.717) is 0 Å². The maximum atomic E-state index is 6.56. The average Bonchev–Trinajstić information content (AvgIpc) is 2.93. The third-order valence-corrected chi connectivity index (χ3v) is 5.05. The normalized spacial score (nSPS) is 33.0. The molecule has 2 N–H and O–H groups in total. The summed E-state index contributed by atoms with van der Waals surface area (Å²) in [7, 11) is 0. The first-order valence-electron chi connectivity index (χ1n) is 6.98. The van der Waals surface area contributed by atoms with Gasteiger partial charge in [-0.3, -0.25) is 0 Å². The molecule has 2 bridgehead atoms. The van der Waals surface area contributed by atoms with Gasteiger partial charge in [-0.2, -0.15) is 0 Å². The molecule has 0 radical (unpaired) electrons. The molecule has 0 spiro atoms. The minimum absolute atomic E-state index is 0.269. The van der Waals surface area contributed by atoms with Crippen LogP contribution in [0.2, 0.25) is 0 Å². The molecule has 0 saturated heterocycles. The highest BCUT2D eigenvalue weighted by atomic mass is 14.7. The predicted octanol–water partition coefficient (Wildman–Crippen LogP) is 3.74. The quantitative estimate of drug-likeness (QED) is 0.821. The maximum absolute atomic E-state index is 6.56. The fourth-order valence-corrected chi connectivity index (χ4v) is 4.08. The van der Waals surface area contributed by atoms with Gasteiger partial charge in [-0.1, -0.05) is 30.2 Å². The highest BCUT2D eigenvalue weighted by molar-refractivity contribution is 5.33. The second kappa shape index (κ2) is 4.13. The topological polar surface area (TPSA) is 26.0 Å². The number of hydrogen-bond donors (Lipinski definition) is 1. The maximum Gasteiger partial charge on any atom is 0.0329 e. The highest BCUT2D eigenvalue weighted by Crippen LogP contribution is 2.52. The lowest BCUT2D eigenvalue weighted by atomic mass is 9.79. The van der Waals surface area contributed by atoms with Crippen LogP contribution in [0.4, 0.5) is 0 Å². The molecular weight excluding hydrogens is 206 g/mol. The Labute approximate surface area is 104 Å². The number of nitrogens with two attached hydrogens (primary N) is 1. The monoisotopic (exact) mass is 229 g/mol. The van der Waals surface area contributed by atoms with Crippen molar-refractivity contribution in [3.8, 4) is 0 Å². The molecule has 0 heterocycles. The third-order valence-electron chi connectivity index (χ3n) is 5.05. The van der Waals surface area contributed by atoms with Crippen LogP contribution in [-0.4, -0.2) is 0 Å². The van der Waals surface area contributed by atoms with Gasteiger partial charge in [0.2, 0.25) is 0 Å². The summed E-state index contributed by atoms with van der Waals surface area (Å²) in [6.07, 6.45) is 5.71. The minimum atomic E-state index is 0.269.